The summed E-state index contributed by atoms with van der Waals surface area (Å²) in [6, 6.07) is 2.94. The lowest BCUT2D eigenvalue weighted by Crippen LogP contribution is -2.28. The maximum Gasteiger partial charge on any atom is 0.0402 e. The molecule has 1 atom stereocenters. The predicted molar refractivity (Wildman–Crippen MR) is 66.3 cm³/mol. The summed E-state index contributed by atoms with van der Waals surface area (Å²) in [4.78, 5) is 4.38. The number of hydrogen-bond donors (Lipinski definition) is 1. The van der Waals surface area contributed by atoms with Crippen molar-refractivity contribution < 1.29 is 0 Å². The molecule has 1 saturated heterocycles. The van der Waals surface area contributed by atoms with Gasteiger partial charge in [-0.2, -0.15) is 11.8 Å². The van der Waals surface area contributed by atoms with Gasteiger partial charge in [0, 0.05) is 30.2 Å². The van der Waals surface area contributed by atoms with Crippen molar-refractivity contribution in [2.24, 2.45) is 0 Å². The second-order valence-corrected chi connectivity index (χ2v) is 5.34. The first-order chi connectivity index (χ1) is 7.25. The lowest BCUT2D eigenvalue weighted by molar-refractivity contribution is 0.557. The van der Waals surface area contributed by atoms with Gasteiger partial charge in [0.25, 0.3) is 0 Å². The van der Waals surface area contributed by atoms with E-state index < -0.39 is 0 Å². The summed E-state index contributed by atoms with van der Waals surface area (Å²) < 4.78 is 0. The number of rotatable bonds is 3. The van der Waals surface area contributed by atoms with Crippen LogP contribution in [-0.2, 0) is 6.54 Å². The van der Waals surface area contributed by atoms with Gasteiger partial charge >= 0.3 is 0 Å². The third kappa shape index (κ3) is 2.95. The standard InChI is InChI=1S/C12H18N2S/c1-9-5-11(6-13-10(9)2)7-14-12-3-4-15-8-12/h5-6,12,14H,3-4,7-8H2,1-2H3. The largest absolute Gasteiger partial charge is 0.309 e. The number of thioether (sulfide) groups is 1. The zero-order chi connectivity index (χ0) is 10.7. The van der Waals surface area contributed by atoms with Gasteiger partial charge in [-0.15, -0.1) is 0 Å². The van der Waals surface area contributed by atoms with Gasteiger partial charge in [-0.1, -0.05) is 6.07 Å². The number of aromatic nitrogens is 1. The Morgan fingerprint density at radius 1 is 1.53 bits per heavy atom. The Kier molecular flexibility index (Phi) is 3.65. The van der Waals surface area contributed by atoms with Crippen LogP contribution in [0.15, 0.2) is 12.3 Å². The van der Waals surface area contributed by atoms with Crippen LogP contribution in [0.5, 0.6) is 0 Å². The molecule has 0 radical (unpaired) electrons. The van der Waals surface area contributed by atoms with Crippen LogP contribution in [0.4, 0.5) is 0 Å². The van der Waals surface area contributed by atoms with Gasteiger partial charge in [0.2, 0.25) is 0 Å². The molecule has 1 N–H and O–H groups in total. The van der Waals surface area contributed by atoms with Crippen LogP contribution >= 0.6 is 11.8 Å². The molecule has 1 aromatic rings. The minimum atomic E-state index is 0.705. The summed E-state index contributed by atoms with van der Waals surface area (Å²) in [7, 11) is 0. The first-order valence-electron chi connectivity index (χ1n) is 5.49. The van der Waals surface area contributed by atoms with Crippen molar-refractivity contribution in [3.05, 3.63) is 29.1 Å². The van der Waals surface area contributed by atoms with Crippen LogP contribution in [0.2, 0.25) is 0 Å². The normalized spacial score (nSPS) is 20.8. The van der Waals surface area contributed by atoms with Crippen LogP contribution in [0.25, 0.3) is 0 Å². The molecule has 0 aliphatic carbocycles. The maximum absolute atomic E-state index is 4.38. The van der Waals surface area contributed by atoms with Crippen molar-refractivity contribution in [3.63, 3.8) is 0 Å². The number of nitrogens with zero attached hydrogens (tertiary/aromatic N) is 1. The van der Waals surface area contributed by atoms with E-state index >= 15 is 0 Å². The van der Waals surface area contributed by atoms with Gasteiger partial charge in [0.15, 0.2) is 0 Å². The second kappa shape index (κ2) is 4.99. The van der Waals surface area contributed by atoms with E-state index in [1.165, 1.54) is 29.1 Å². The molecule has 2 nitrogen and oxygen atoms in total. The van der Waals surface area contributed by atoms with Crippen molar-refractivity contribution in [2.45, 2.75) is 32.9 Å². The third-order valence-electron chi connectivity index (χ3n) is 2.92. The molecule has 1 unspecified atom stereocenters. The molecule has 82 valence electrons. The monoisotopic (exact) mass is 222 g/mol. The highest BCUT2D eigenvalue weighted by Gasteiger charge is 2.14. The average molecular weight is 222 g/mol. The summed E-state index contributed by atoms with van der Waals surface area (Å²) >= 11 is 2.04. The molecule has 1 aliphatic heterocycles. The Labute approximate surface area is 95.9 Å². The number of pyridine rings is 1. The molecule has 0 amide bonds. The van der Waals surface area contributed by atoms with Crippen LogP contribution in [0.3, 0.4) is 0 Å². The van der Waals surface area contributed by atoms with Gasteiger partial charge in [-0.3, -0.25) is 4.98 Å². The Bertz CT molecular complexity index is 332. The Balaban J connectivity index is 1.90. The molecule has 1 aliphatic rings. The minimum Gasteiger partial charge on any atom is -0.309 e. The fourth-order valence-corrected chi connectivity index (χ4v) is 2.94. The van der Waals surface area contributed by atoms with E-state index in [-0.39, 0.29) is 0 Å². The lowest BCUT2D eigenvalue weighted by atomic mass is 10.1. The highest BCUT2D eigenvalue weighted by molar-refractivity contribution is 7.99. The van der Waals surface area contributed by atoms with E-state index in [0.29, 0.717) is 6.04 Å². The average Bonchev–Trinajstić information content (AvgIpc) is 2.73. The van der Waals surface area contributed by atoms with E-state index in [1.807, 2.05) is 18.0 Å². The van der Waals surface area contributed by atoms with Crippen molar-refractivity contribution in [2.75, 3.05) is 11.5 Å². The zero-order valence-corrected chi connectivity index (χ0v) is 10.2. The quantitative estimate of drug-likeness (QED) is 0.849. The Hall–Kier alpha value is -0.540. The summed E-state index contributed by atoms with van der Waals surface area (Å²) in [6.45, 7) is 5.14. The summed E-state index contributed by atoms with van der Waals surface area (Å²) in [6.07, 6.45) is 3.29. The molecule has 2 rings (SSSR count). The fraction of sp³-hybridized carbons (Fsp3) is 0.583. The molecule has 1 aromatic heterocycles. The van der Waals surface area contributed by atoms with Gasteiger partial charge in [0.1, 0.15) is 0 Å². The van der Waals surface area contributed by atoms with Crippen LogP contribution in [-0.4, -0.2) is 22.5 Å². The van der Waals surface area contributed by atoms with E-state index in [0.717, 1.165) is 12.2 Å². The summed E-state index contributed by atoms with van der Waals surface area (Å²) in [5, 5.41) is 3.58. The molecule has 3 heteroatoms. The molecule has 0 saturated carbocycles. The fourth-order valence-electron chi connectivity index (χ4n) is 1.76. The van der Waals surface area contributed by atoms with E-state index in [4.69, 9.17) is 0 Å². The highest BCUT2D eigenvalue weighted by Crippen LogP contribution is 2.17. The Morgan fingerprint density at radius 2 is 2.40 bits per heavy atom. The highest BCUT2D eigenvalue weighted by atomic mass is 32.2. The third-order valence-corrected chi connectivity index (χ3v) is 4.08. The van der Waals surface area contributed by atoms with E-state index in [2.05, 4.69) is 30.2 Å². The summed E-state index contributed by atoms with van der Waals surface area (Å²) in [5.41, 5.74) is 3.72. The van der Waals surface area contributed by atoms with Crippen LogP contribution < -0.4 is 5.32 Å². The number of aryl methyl sites for hydroxylation is 2. The van der Waals surface area contributed by atoms with E-state index in [9.17, 15) is 0 Å². The van der Waals surface area contributed by atoms with Crippen molar-refractivity contribution in [3.8, 4) is 0 Å². The van der Waals surface area contributed by atoms with Crippen LogP contribution in [0, 0.1) is 13.8 Å². The molecule has 0 bridgehead atoms. The van der Waals surface area contributed by atoms with Gasteiger partial charge in [-0.05, 0) is 37.1 Å². The molecular weight excluding hydrogens is 204 g/mol. The van der Waals surface area contributed by atoms with Gasteiger partial charge in [-0.25, -0.2) is 0 Å². The SMILES string of the molecule is Cc1cc(CNC2CCSC2)cnc1C. The van der Waals surface area contributed by atoms with E-state index in [1.54, 1.807) is 0 Å². The molecular formula is C12H18N2S. The first kappa shape index (κ1) is 11.0. The zero-order valence-electron chi connectivity index (χ0n) is 9.42. The van der Waals surface area contributed by atoms with Crippen LogP contribution in [0.1, 0.15) is 23.2 Å². The first-order valence-corrected chi connectivity index (χ1v) is 6.64. The molecule has 2 heterocycles. The van der Waals surface area contributed by atoms with Gasteiger partial charge < -0.3 is 5.32 Å². The predicted octanol–water partition coefficient (Wildman–Crippen LogP) is 2.29. The topological polar surface area (TPSA) is 24.9 Å². The van der Waals surface area contributed by atoms with Crippen molar-refractivity contribution in [1.82, 2.24) is 10.3 Å². The number of hydrogen-bond acceptors (Lipinski definition) is 3. The van der Waals surface area contributed by atoms with Gasteiger partial charge in [0.05, 0.1) is 0 Å². The molecule has 0 aromatic carbocycles. The molecule has 1 fully saturated rings. The molecule has 15 heavy (non-hydrogen) atoms. The lowest BCUT2D eigenvalue weighted by Gasteiger charge is -2.11. The summed E-state index contributed by atoms with van der Waals surface area (Å²) in [5.74, 6) is 2.57. The maximum atomic E-state index is 4.38. The molecule has 0 spiro atoms. The van der Waals surface area contributed by atoms with Crippen molar-refractivity contribution >= 4 is 11.8 Å². The smallest absolute Gasteiger partial charge is 0.0402 e. The number of nitrogens with one attached hydrogen (secondary N) is 1. The second-order valence-electron chi connectivity index (χ2n) is 4.19. The Morgan fingerprint density at radius 3 is 3.07 bits per heavy atom. The van der Waals surface area contributed by atoms with Crippen molar-refractivity contribution in [1.29, 1.82) is 0 Å². The minimum absolute atomic E-state index is 0.705.